The normalized spacial score (nSPS) is 17.9. The molecule has 3 rings (SSSR count). The highest BCUT2D eigenvalue weighted by Crippen LogP contribution is 2.39. The molecule has 1 saturated heterocycles. The zero-order valence-electron chi connectivity index (χ0n) is 18.2. The Kier molecular flexibility index (Phi) is 6.92. The van der Waals surface area contributed by atoms with Crippen LogP contribution in [0.3, 0.4) is 0 Å². The number of carbonyl (C=O) groups is 2. The van der Waals surface area contributed by atoms with Crippen LogP contribution in [0.4, 0.5) is 0 Å². The second-order valence-corrected chi connectivity index (χ2v) is 7.98. The van der Waals surface area contributed by atoms with E-state index < -0.39 is 17.7 Å². The Bertz CT molecular complexity index is 991. The number of likely N-dealkylation sites (tertiary alicyclic amines) is 1. The van der Waals surface area contributed by atoms with Gasteiger partial charge >= 0.3 is 0 Å². The fraction of sp³-hybridized carbons (Fsp3) is 0.280. The van der Waals surface area contributed by atoms with Gasteiger partial charge in [-0.05, 0) is 24.6 Å². The molecule has 2 aromatic rings. The van der Waals surface area contributed by atoms with Crippen LogP contribution in [-0.2, 0) is 9.59 Å². The summed E-state index contributed by atoms with van der Waals surface area (Å²) in [6.45, 7) is 7.05. The van der Waals surface area contributed by atoms with E-state index in [-0.39, 0.29) is 11.3 Å². The molecule has 1 aliphatic rings. The van der Waals surface area contributed by atoms with Crippen molar-refractivity contribution in [3.05, 3.63) is 83.4 Å². The molecule has 6 heteroatoms. The highest BCUT2D eigenvalue weighted by molar-refractivity contribution is 6.46. The molecule has 0 bridgehead atoms. The average molecular weight is 422 g/mol. The number of nitrogens with one attached hydrogen (secondary N) is 1. The molecule has 31 heavy (non-hydrogen) atoms. The maximum absolute atomic E-state index is 13.0. The van der Waals surface area contributed by atoms with Crippen LogP contribution in [0.25, 0.3) is 5.76 Å². The summed E-state index contributed by atoms with van der Waals surface area (Å²) in [6, 6.07) is 13.8. The second kappa shape index (κ2) is 9.62. The van der Waals surface area contributed by atoms with Gasteiger partial charge in [0.25, 0.3) is 11.7 Å². The van der Waals surface area contributed by atoms with Crippen molar-refractivity contribution in [1.29, 1.82) is 0 Å². The third kappa shape index (κ3) is 4.86. The number of aryl methyl sites for hydroxylation is 1. The number of Topliss-reactive ketones (excluding diaryl/α,β-unsaturated/α-hetero) is 1. The first-order chi connectivity index (χ1) is 14.8. The maximum atomic E-state index is 13.0. The molecule has 0 saturated carbocycles. The molecular formula is C25H29N2O4+. The molecule has 0 radical (unpaired) electrons. The largest absolute Gasteiger partial charge is 0.507 e. The summed E-state index contributed by atoms with van der Waals surface area (Å²) in [6.07, 6.45) is 1.66. The van der Waals surface area contributed by atoms with Gasteiger partial charge in [0.15, 0.2) is 0 Å². The van der Waals surface area contributed by atoms with Crippen LogP contribution < -0.4 is 9.64 Å². The number of ketones is 1. The van der Waals surface area contributed by atoms with E-state index in [0.717, 1.165) is 16.0 Å². The third-order valence-electron chi connectivity index (χ3n) is 5.28. The lowest BCUT2D eigenvalue weighted by atomic mass is 9.95. The molecule has 1 atom stereocenters. The Morgan fingerprint density at radius 2 is 1.77 bits per heavy atom. The molecule has 1 heterocycles. The highest BCUT2D eigenvalue weighted by atomic mass is 16.5. The smallest absolute Gasteiger partial charge is 0.295 e. The number of aliphatic hydroxyl groups excluding tert-OH is 1. The van der Waals surface area contributed by atoms with Gasteiger partial charge in [-0.15, -0.1) is 0 Å². The first-order valence-corrected chi connectivity index (χ1v) is 10.3. The number of aliphatic hydroxyl groups is 1. The number of nitrogens with zero attached hydrogens (tertiary/aromatic N) is 1. The molecular weight excluding hydrogens is 392 g/mol. The summed E-state index contributed by atoms with van der Waals surface area (Å²) in [4.78, 5) is 28.6. The number of carbonyl (C=O) groups excluding carboxylic acids is 2. The van der Waals surface area contributed by atoms with E-state index in [2.05, 4.69) is 6.58 Å². The standard InChI is InChI=1S/C25H28N2O4/c1-5-16-31-20-12-10-18(11-13-20)22-21(23(28)19-8-6-17(2)7-9-19)24(29)25(30)27(22)15-14-26(3)4/h5-13,22,28H,1,14-16H2,2-4H3/p+1/t22-/m0/s1. The van der Waals surface area contributed by atoms with E-state index in [1.807, 2.05) is 45.3 Å². The van der Waals surface area contributed by atoms with Gasteiger partial charge in [0.2, 0.25) is 0 Å². The molecule has 162 valence electrons. The minimum absolute atomic E-state index is 0.113. The minimum Gasteiger partial charge on any atom is -0.507 e. The summed E-state index contributed by atoms with van der Waals surface area (Å²) in [5.41, 5.74) is 2.41. The summed E-state index contributed by atoms with van der Waals surface area (Å²) >= 11 is 0. The minimum atomic E-state index is -0.663. The number of likely N-dealkylation sites (N-methyl/N-ethyl adjacent to an activating group) is 1. The number of amides is 1. The summed E-state index contributed by atoms with van der Waals surface area (Å²) in [7, 11) is 3.98. The number of hydrogen-bond donors (Lipinski definition) is 2. The molecule has 1 aliphatic heterocycles. The molecule has 1 amide bonds. The van der Waals surface area contributed by atoms with Crippen LogP contribution in [-0.4, -0.2) is 55.5 Å². The van der Waals surface area contributed by atoms with Crippen molar-refractivity contribution in [2.45, 2.75) is 13.0 Å². The van der Waals surface area contributed by atoms with Gasteiger partial charge in [-0.3, -0.25) is 9.59 Å². The van der Waals surface area contributed by atoms with Crippen LogP contribution in [0.1, 0.15) is 22.7 Å². The highest BCUT2D eigenvalue weighted by Gasteiger charge is 2.46. The Balaban J connectivity index is 2.07. The Morgan fingerprint density at radius 3 is 2.35 bits per heavy atom. The number of hydrogen-bond acceptors (Lipinski definition) is 4. The molecule has 0 spiro atoms. The van der Waals surface area contributed by atoms with Crippen LogP contribution >= 0.6 is 0 Å². The van der Waals surface area contributed by atoms with Crippen molar-refractivity contribution in [2.24, 2.45) is 0 Å². The van der Waals surface area contributed by atoms with Crippen LogP contribution in [0.5, 0.6) is 5.75 Å². The van der Waals surface area contributed by atoms with Crippen molar-refractivity contribution < 1.29 is 24.3 Å². The van der Waals surface area contributed by atoms with Crippen molar-refractivity contribution in [3.63, 3.8) is 0 Å². The van der Waals surface area contributed by atoms with Gasteiger partial charge in [0, 0.05) is 5.56 Å². The van der Waals surface area contributed by atoms with Gasteiger partial charge in [0.1, 0.15) is 18.1 Å². The van der Waals surface area contributed by atoms with Crippen molar-refractivity contribution in [3.8, 4) is 5.75 Å². The quantitative estimate of drug-likeness (QED) is 0.297. The van der Waals surface area contributed by atoms with Gasteiger partial charge in [0.05, 0.1) is 38.8 Å². The molecule has 0 aromatic heterocycles. The van der Waals surface area contributed by atoms with Crippen LogP contribution in [0.15, 0.2) is 66.8 Å². The first-order valence-electron chi connectivity index (χ1n) is 10.3. The van der Waals surface area contributed by atoms with Crippen molar-refractivity contribution >= 4 is 17.4 Å². The molecule has 2 N–H and O–H groups in total. The van der Waals surface area contributed by atoms with E-state index in [0.29, 0.717) is 31.0 Å². The number of ether oxygens (including phenoxy) is 1. The third-order valence-corrected chi connectivity index (χ3v) is 5.28. The van der Waals surface area contributed by atoms with Gasteiger partial charge in [-0.25, -0.2) is 0 Å². The Morgan fingerprint density at radius 1 is 1.13 bits per heavy atom. The predicted molar refractivity (Wildman–Crippen MR) is 120 cm³/mol. The molecule has 2 aromatic carbocycles. The molecule has 0 aliphatic carbocycles. The fourth-order valence-electron chi connectivity index (χ4n) is 3.57. The zero-order chi connectivity index (χ0) is 22.5. The lowest BCUT2D eigenvalue weighted by molar-refractivity contribution is -0.857. The van der Waals surface area contributed by atoms with Gasteiger partial charge < -0.3 is 19.6 Å². The Labute approximate surface area is 183 Å². The van der Waals surface area contributed by atoms with Crippen molar-refractivity contribution in [1.82, 2.24) is 4.90 Å². The number of benzene rings is 2. The van der Waals surface area contributed by atoms with E-state index >= 15 is 0 Å². The Hall–Kier alpha value is -3.38. The van der Waals surface area contributed by atoms with Crippen LogP contribution in [0.2, 0.25) is 0 Å². The summed E-state index contributed by atoms with van der Waals surface area (Å²) in [5, 5.41) is 11.0. The topological polar surface area (TPSA) is 71.3 Å². The first kappa shape index (κ1) is 22.3. The van der Waals surface area contributed by atoms with Crippen LogP contribution in [0, 0.1) is 6.92 Å². The molecule has 1 fully saturated rings. The average Bonchev–Trinajstić information content (AvgIpc) is 3.01. The zero-order valence-corrected chi connectivity index (χ0v) is 18.2. The second-order valence-electron chi connectivity index (χ2n) is 7.98. The SMILES string of the molecule is C=CCOc1ccc([C@H]2C(=C(O)c3ccc(C)cc3)C(=O)C(=O)N2CC[NH+](C)C)cc1. The van der Waals surface area contributed by atoms with E-state index in [4.69, 9.17) is 4.74 Å². The van der Waals surface area contributed by atoms with E-state index in [1.54, 1.807) is 35.2 Å². The summed E-state index contributed by atoms with van der Waals surface area (Å²) in [5.74, 6) is -0.748. The lowest BCUT2D eigenvalue weighted by Crippen LogP contribution is -3.06. The molecule has 0 unspecified atom stereocenters. The number of quaternary nitrogens is 1. The van der Waals surface area contributed by atoms with Gasteiger partial charge in [-0.1, -0.05) is 54.6 Å². The predicted octanol–water partition coefficient (Wildman–Crippen LogP) is 2.13. The number of rotatable bonds is 8. The van der Waals surface area contributed by atoms with Gasteiger partial charge in [-0.2, -0.15) is 0 Å². The summed E-state index contributed by atoms with van der Waals surface area (Å²) < 4.78 is 5.55. The van der Waals surface area contributed by atoms with Crippen molar-refractivity contribution in [2.75, 3.05) is 33.8 Å². The fourth-order valence-corrected chi connectivity index (χ4v) is 3.57. The molecule has 6 nitrogen and oxygen atoms in total. The van der Waals surface area contributed by atoms with E-state index in [1.165, 1.54) is 0 Å². The van der Waals surface area contributed by atoms with E-state index in [9.17, 15) is 14.7 Å². The maximum Gasteiger partial charge on any atom is 0.295 e. The monoisotopic (exact) mass is 421 g/mol. The lowest BCUT2D eigenvalue weighted by Gasteiger charge is -2.25.